The van der Waals surface area contributed by atoms with Crippen molar-refractivity contribution in [2.45, 2.75) is 11.8 Å². The first kappa shape index (κ1) is 21.1. The summed E-state index contributed by atoms with van der Waals surface area (Å²) in [5, 5.41) is 0.422. The third kappa shape index (κ3) is 4.19. The summed E-state index contributed by atoms with van der Waals surface area (Å²) >= 11 is 2.86. The summed E-state index contributed by atoms with van der Waals surface area (Å²) < 4.78 is 4.85. The minimum Gasteiger partial charge on any atom is -0.465 e. The molecule has 5 nitrogen and oxygen atoms in total. The summed E-state index contributed by atoms with van der Waals surface area (Å²) in [6.07, 6.45) is 4.04. The maximum absolute atomic E-state index is 12.9. The summed E-state index contributed by atoms with van der Waals surface area (Å²) in [6.45, 7) is 1.74. The van der Waals surface area contributed by atoms with Crippen LogP contribution in [-0.2, 0) is 4.74 Å². The lowest BCUT2D eigenvalue weighted by Gasteiger charge is -2.08. The number of rotatable bonds is 5. The lowest BCUT2D eigenvalue weighted by Crippen LogP contribution is -2.12. The van der Waals surface area contributed by atoms with Gasteiger partial charge in [-0.1, -0.05) is 42.5 Å². The predicted octanol–water partition coefficient (Wildman–Crippen LogP) is 5.39. The zero-order chi connectivity index (χ0) is 22.0. The van der Waals surface area contributed by atoms with E-state index in [1.165, 1.54) is 23.3 Å². The van der Waals surface area contributed by atoms with Crippen LogP contribution < -0.4 is 5.56 Å². The fourth-order valence-electron chi connectivity index (χ4n) is 3.33. The molecular formula is C24H20N2O3S2. The van der Waals surface area contributed by atoms with Crippen molar-refractivity contribution in [1.29, 1.82) is 0 Å². The van der Waals surface area contributed by atoms with Crippen molar-refractivity contribution >= 4 is 50.9 Å². The summed E-state index contributed by atoms with van der Waals surface area (Å²) in [5.74, 6) is -0.00975. The SMILES string of the molecule is COC(=O)c1sc2nc(C(=Cc3ccc(SC)cc3)c3ccccc3)[nH]c(=O)c2c1C. The number of esters is 1. The van der Waals surface area contributed by atoms with Gasteiger partial charge in [0.05, 0.1) is 12.5 Å². The van der Waals surface area contributed by atoms with Crippen molar-refractivity contribution in [2.75, 3.05) is 13.4 Å². The van der Waals surface area contributed by atoms with Gasteiger partial charge in [-0.2, -0.15) is 0 Å². The van der Waals surface area contributed by atoms with Crippen LogP contribution in [0.3, 0.4) is 0 Å². The quantitative estimate of drug-likeness (QED) is 0.252. The number of benzene rings is 2. The zero-order valence-electron chi connectivity index (χ0n) is 17.3. The highest BCUT2D eigenvalue weighted by Gasteiger charge is 2.20. The molecule has 0 bridgehead atoms. The first-order chi connectivity index (χ1) is 15.0. The van der Waals surface area contributed by atoms with E-state index < -0.39 is 5.97 Å². The van der Waals surface area contributed by atoms with Gasteiger partial charge in [0, 0.05) is 10.5 Å². The van der Waals surface area contributed by atoms with Crippen LogP contribution in [0.4, 0.5) is 0 Å². The van der Waals surface area contributed by atoms with Gasteiger partial charge in [-0.25, -0.2) is 9.78 Å². The number of carbonyl (C=O) groups excluding carboxylic acids is 1. The topological polar surface area (TPSA) is 72.0 Å². The first-order valence-corrected chi connectivity index (χ1v) is 11.6. The fourth-order valence-corrected chi connectivity index (χ4v) is 4.84. The largest absolute Gasteiger partial charge is 0.465 e. The Morgan fingerprint density at radius 2 is 1.84 bits per heavy atom. The van der Waals surface area contributed by atoms with Gasteiger partial charge in [0.1, 0.15) is 15.5 Å². The highest BCUT2D eigenvalue weighted by Crippen LogP contribution is 2.30. The second-order valence-electron chi connectivity index (χ2n) is 6.84. The Hall–Kier alpha value is -3.16. The fraction of sp³-hybridized carbons (Fsp3) is 0.125. The first-order valence-electron chi connectivity index (χ1n) is 9.55. The second kappa shape index (κ2) is 8.91. The molecule has 0 atom stereocenters. The van der Waals surface area contributed by atoms with Gasteiger partial charge in [-0.3, -0.25) is 4.79 Å². The van der Waals surface area contributed by atoms with E-state index in [9.17, 15) is 9.59 Å². The standard InChI is InChI=1S/C24H20N2O3S2/c1-14-19-22(27)25-21(26-23(19)31-20(14)24(28)29-2)18(16-7-5-4-6-8-16)13-15-9-11-17(30-3)12-10-15/h4-13H,1-3H3,(H,25,26,27). The summed E-state index contributed by atoms with van der Waals surface area (Å²) in [4.78, 5) is 34.8. The molecule has 0 radical (unpaired) electrons. The van der Waals surface area contributed by atoms with Crippen molar-refractivity contribution in [3.63, 3.8) is 0 Å². The monoisotopic (exact) mass is 448 g/mol. The molecule has 4 rings (SSSR count). The third-order valence-electron chi connectivity index (χ3n) is 4.94. The molecule has 0 spiro atoms. The van der Waals surface area contributed by atoms with Gasteiger partial charge in [0.25, 0.3) is 5.56 Å². The minimum atomic E-state index is -0.464. The van der Waals surface area contributed by atoms with Crippen LogP contribution in [-0.4, -0.2) is 29.3 Å². The molecule has 0 unspecified atom stereocenters. The van der Waals surface area contributed by atoms with E-state index in [-0.39, 0.29) is 5.56 Å². The van der Waals surface area contributed by atoms with Crippen LogP contribution in [0.2, 0.25) is 0 Å². The van der Waals surface area contributed by atoms with E-state index in [0.29, 0.717) is 26.5 Å². The van der Waals surface area contributed by atoms with Gasteiger partial charge in [-0.05, 0) is 48.1 Å². The molecule has 0 amide bonds. The van der Waals surface area contributed by atoms with Gasteiger partial charge >= 0.3 is 5.97 Å². The Bertz CT molecular complexity index is 1340. The summed E-state index contributed by atoms with van der Waals surface area (Å²) in [7, 11) is 1.33. The number of thioether (sulfide) groups is 1. The van der Waals surface area contributed by atoms with Crippen LogP contribution >= 0.6 is 23.1 Å². The van der Waals surface area contributed by atoms with E-state index in [1.54, 1.807) is 18.7 Å². The molecule has 1 N–H and O–H groups in total. The maximum Gasteiger partial charge on any atom is 0.348 e. The Morgan fingerprint density at radius 1 is 1.13 bits per heavy atom. The lowest BCUT2D eigenvalue weighted by atomic mass is 10.0. The number of nitrogens with one attached hydrogen (secondary N) is 1. The Balaban J connectivity index is 1.91. The lowest BCUT2D eigenvalue weighted by molar-refractivity contribution is 0.0605. The molecule has 0 aliphatic heterocycles. The number of aromatic nitrogens is 2. The molecule has 2 aromatic heterocycles. The number of ether oxygens (including phenoxy) is 1. The zero-order valence-corrected chi connectivity index (χ0v) is 18.9. The Kier molecular flexibility index (Phi) is 6.06. The van der Waals surface area contributed by atoms with Crippen LogP contribution in [0.25, 0.3) is 21.9 Å². The number of methoxy groups -OCH3 is 1. The number of aromatic amines is 1. The Labute approximate surface area is 187 Å². The van der Waals surface area contributed by atoms with Crippen LogP contribution in [0.1, 0.15) is 32.2 Å². The molecule has 2 heterocycles. The van der Waals surface area contributed by atoms with Crippen molar-refractivity contribution in [1.82, 2.24) is 9.97 Å². The molecule has 0 saturated carbocycles. The predicted molar refractivity (Wildman–Crippen MR) is 128 cm³/mol. The number of H-pyrrole nitrogens is 1. The van der Waals surface area contributed by atoms with Crippen molar-refractivity contribution in [2.24, 2.45) is 0 Å². The van der Waals surface area contributed by atoms with Crippen molar-refractivity contribution in [3.8, 4) is 0 Å². The number of aryl methyl sites for hydroxylation is 1. The number of thiophene rings is 1. The van der Waals surface area contributed by atoms with Gasteiger partial charge in [0.15, 0.2) is 0 Å². The number of hydrogen-bond acceptors (Lipinski definition) is 6. The molecule has 7 heteroatoms. The number of fused-ring (bicyclic) bond motifs is 1. The minimum absolute atomic E-state index is 0.275. The number of nitrogens with zero attached hydrogens (tertiary/aromatic N) is 1. The summed E-state index contributed by atoms with van der Waals surface area (Å²) in [6, 6.07) is 18.0. The molecule has 0 saturated heterocycles. The molecule has 2 aromatic carbocycles. The smallest absolute Gasteiger partial charge is 0.348 e. The van der Waals surface area contributed by atoms with E-state index in [0.717, 1.165) is 16.7 Å². The summed E-state index contributed by atoms with van der Waals surface area (Å²) in [5.41, 5.74) is 3.04. The van der Waals surface area contributed by atoms with Gasteiger partial charge < -0.3 is 9.72 Å². The number of carbonyl (C=O) groups is 1. The van der Waals surface area contributed by atoms with Gasteiger partial charge in [0.2, 0.25) is 0 Å². The van der Waals surface area contributed by atoms with E-state index in [1.807, 2.05) is 54.8 Å². The van der Waals surface area contributed by atoms with Crippen LogP contribution in [0.15, 0.2) is 64.3 Å². The van der Waals surface area contributed by atoms with E-state index in [4.69, 9.17) is 9.72 Å². The van der Waals surface area contributed by atoms with Crippen LogP contribution in [0, 0.1) is 6.92 Å². The highest BCUT2D eigenvalue weighted by molar-refractivity contribution is 7.98. The molecule has 0 aliphatic rings. The Morgan fingerprint density at radius 3 is 2.48 bits per heavy atom. The molecule has 156 valence electrons. The molecular weight excluding hydrogens is 428 g/mol. The van der Waals surface area contributed by atoms with E-state index in [2.05, 4.69) is 17.1 Å². The third-order valence-corrected chi connectivity index (χ3v) is 6.85. The molecule has 31 heavy (non-hydrogen) atoms. The normalized spacial score (nSPS) is 11.6. The maximum atomic E-state index is 12.9. The number of hydrogen-bond donors (Lipinski definition) is 1. The average molecular weight is 449 g/mol. The average Bonchev–Trinajstić information content (AvgIpc) is 3.14. The van der Waals surface area contributed by atoms with Crippen molar-refractivity contribution in [3.05, 3.63) is 92.3 Å². The molecule has 4 aromatic rings. The van der Waals surface area contributed by atoms with E-state index >= 15 is 0 Å². The molecule has 0 fully saturated rings. The molecule has 0 aliphatic carbocycles. The van der Waals surface area contributed by atoms with Crippen molar-refractivity contribution < 1.29 is 9.53 Å². The van der Waals surface area contributed by atoms with Crippen LogP contribution in [0.5, 0.6) is 0 Å². The highest BCUT2D eigenvalue weighted by atomic mass is 32.2. The van der Waals surface area contributed by atoms with Gasteiger partial charge in [-0.15, -0.1) is 23.1 Å². The second-order valence-corrected chi connectivity index (χ2v) is 8.72.